The van der Waals surface area contributed by atoms with E-state index in [2.05, 4.69) is 5.32 Å². The van der Waals surface area contributed by atoms with Crippen molar-refractivity contribution in [3.8, 4) is 16.9 Å². The Labute approximate surface area is 158 Å². The first-order valence-corrected chi connectivity index (χ1v) is 8.89. The number of nitrogens with one attached hydrogen (secondary N) is 1. The molecule has 0 aliphatic rings. The average Bonchev–Trinajstić information content (AvgIpc) is 3.05. The first-order valence-electron chi connectivity index (χ1n) is 7.63. The van der Waals surface area contributed by atoms with Gasteiger partial charge in [-0.3, -0.25) is 4.79 Å². The van der Waals surface area contributed by atoms with Crippen LogP contribution in [0.25, 0.3) is 11.1 Å². The maximum Gasteiger partial charge on any atom is 0.339 e. The maximum absolute atomic E-state index is 12.1. The molecular weight excluding hydrogens is 374 g/mol. The fourth-order valence-electron chi connectivity index (χ4n) is 2.33. The van der Waals surface area contributed by atoms with Crippen molar-refractivity contribution in [3.05, 3.63) is 70.6 Å². The molecule has 26 heavy (non-hydrogen) atoms. The number of hydrogen-bond donors (Lipinski definition) is 2. The Morgan fingerprint density at radius 1 is 1.08 bits per heavy atom. The minimum Gasteiger partial charge on any atom is -0.484 e. The number of carboxylic acid groups (broad SMARTS) is 1. The van der Waals surface area contributed by atoms with E-state index in [9.17, 15) is 14.7 Å². The fraction of sp³-hybridized carbons (Fsp3) is 0.0526. The molecule has 132 valence electrons. The second kappa shape index (κ2) is 8.03. The predicted molar refractivity (Wildman–Crippen MR) is 102 cm³/mol. The van der Waals surface area contributed by atoms with Gasteiger partial charge in [0.15, 0.2) is 6.61 Å². The number of aromatic carboxylic acids is 1. The molecule has 3 rings (SSSR count). The molecule has 3 aromatic rings. The number of anilines is 1. The lowest BCUT2D eigenvalue weighted by Gasteiger charge is -2.08. The number of rotatable bonds is 6. The molecule has 5 nitrogen and oxygen atoms in total. The van der Waals surface area contributed by atoms with Gasteiger partial charge in [-0.1, -0.05) is 41.9 Å². The molecular formula is C19H14ClNO4S. The summed E-state index contributed by atoms with van der Waals surface area (Å²) in [5.74, 6) is -0.981. The third kappa shape index (κ3) is 4.22. The number of amides is 1. The lowest BCUT2D eigenvalue weighted by atomic mass is 10.0. The second-order valence-corrected chi connectivity index (χ2v) is 6.63. The highest BCUT2D eigenvalue weighted by atomic mass is 35.5. The summed E-state index contributed by atoms with van der Waals surface area (Å²) in [6.45, 7) is -0.211. The largest absolute Gasteiger partial charge is 0.484 e. The van der Waals surface area contributed by atoms with Gasteiger partial charge in [-0.05, 0) is 29.8 Å². The molecule has 0 saturated heterocycles. The standard InChI is InChI=1S/C19H14ClNO4S/c20-13-8-6-12(7-9-13)15-11-26-18(17(15)19(23)24)21-16(22)10-25-14-4-2-1-3-5-14/h1-9,11H,10H2,(H,21,22)(H,23,24). The van der Waals surface area contributed by atoms with E-state index >= 15 is 0 Å². The molecule has 0 unspecified atom stereocenters. The summed E-state index contributed by atoms with van der Waals surface area (Å²) in [4.78, 5) is 23.8. The van der Waals surface area contributed by atoms with Crippen molar-refractivity contribution >= 4 is 39.8 Å². The zero-order valence-corrected chi connectivity index (χ0v) is 15.0. The van der Waals surface area contributed by atoms with E-state index in [0.29, 0.717) is 21.9 Å². The van der Waals surface area contributed by atoms with Gasteiger partial charge in [0.2, 0.25) is 0 Å². The number of carbonyl (C=O) groups is 2. The molecule has 0 bridgehead atoms. The van der Waals surface area contributed by atoms with Crippen molar-refractivity contribution in [2.24, 2.45) is 0 Å². The molecule has 0 atom stereocenters. The number of para-hydroxylation sites is 1. The van der Waals surface area contributed by atoms with Crippen LogP contribution in [0.3, 0.4) is 0 Å². The number of ether oxygens (including phenoxy) is 1. The van der Waals surface area contributed by atoms with Crippen LogP contribution >= 0.6 is 22.9 Å². The summed E-state index contributed by atoms with van der Waals surface area (Å²) in [5, 5.41) is 14.7. The highest BCUT2D eigenvalue weighted by Crippen LogP contribution is 2.36. The molecule has 0 spiro atoms. The average molecular weight is 388 g/mol. The highest BCUT2D eigenvalue weighted by Gasteiger charge is 2.21. The van der Waals surface area contributed by atoms with E-state index < -0.39 is 11.9 Å². The molecule has 2 aromatic carbocycles. The van der Waals surface area contributed by atoms with Gasteiger partial charge in [-0.2, -0.15) is 0 Å². The Balaban J connectivity index is 1.76. The van der Waals surface area contributed by atoms with E-state index in [1.54, 1.807) is 53.9 Å². The van der Waals surface area contributed by atoms with Crippen LogP contribution in [-0.2, 0) is 4.79 Å². The molecule has 0 saturated carbocycles. The van der Waals surface area contributed by atoms with Crippen molar-refractivity contribution in [2.75, 3.05) is 11.9 Å². The Kier molecular flexibility index (Phi) is 5.55. The number of thiophene rings is 1. The first kappa shape index (κ1) is 18.0. The Morgan fingerprint density at radius 3 is 2.42 bits per heavy atom. The van der Waals surface area contributed by atoms with Gasteiger partial charge in [0.25, 0.3) is 5.91 Å². The number of benzene rings is 2. The topological polar surface area (TPSA) is 75.6 Å². The van der Waals surface area contributed by atoms with Crippen molar-refractivity contribution < 1.29 is 19.4 Å². The van der Waals surface area contributed by atoms with Crippen molar-refractivity contribution in [2.45, 2.75) is 0 Å². The monoisotopic (exact) mass is 387 g/mol. The third-order valence-corrected chi connectivity index (χ3v) is 4.67. The van der Waals surface area contributed by atoms with Crippen LogP contribution in [0.5, 0.6) is 5.75 Å². The summed E-state index contributed by atoms with van der Waals surface area (Å²) in [7, 11) is 0. The highest BCUT2D eigenvalue weighted by molar-refractivity contribution is 7.15. The first-order chi connectivity index (χ1) is 12.5. The van der Waals surface area contributed by atoms with E-state index in [0.717, 1.165) is 11.3 Å². The van der Waals surface area contributed by atoms with Gasteiger partial charge >= 0.3 is 5.97 Å². The second-order valence-electron chi connectivity index (χ2n) is 5.32. The lowest BCUT2D eigenvalue weighted by Crippen LogP contribution is -2.20. The molecule has 1 amide bonds. The molecule has 0 fully saturated rings. The van der Waals surface area contributed by atoms with Crippen LogP contribution in [0.1, 0.15) is 10.4 Å². The third-order valence-electron chi connectivity index (χ3n) is 3.53. The molecule has 7 heteroatoms. The van der Waals surface area contributed by atoms with E-state index in [-0.39, 0.29) is 17.2 Å². The quantitative estimate of drug-likeness (QED) is 0.638. The zero-order chi connectivity index (χ0) is 18.5. The van der Waals surface area contributed by atoms with Gasteiger partial charge in [-0.15, -0.1) is 11.3 Å². The molecule has 1 aromatic heterocycles. The SMILES string of the molecule is O=C(COc1ccccc1)Nc1scc(-c2ccc(Cl)cc2)c1C(=O)O. The van der Waals surface area contributed by atoms with Gasteiger partial charge in [0.1, 0.15) is 16.3 Å². The van der Waals surface area contributed by atoms with Gasteiger partial charge < -0.3 is 15.2 Å². The normalized spacial score (nSPS) is 10.3. The van der Waals surface area contributed by atoms with E-state index in [1.807, 2.05) is 6.07 Å². The smallest absolute Gasteiger partial charge is 0.339 e. The van der Waals surface area contributed by atoms with Crippen LogP contribution in [0, 0.1) is 0 Å². The van der Waals surface area contributed by atoms with Crippen LogP contribution < -0.4 is 10.1 Å². The summed E-state index contributed by atoms with van der Waals surface area (Å²) < 4.78 is 5.38. The summed E-state index contributed by atoms with van der Waals surface area (Å²) in [6.07, 6.45) is 0. The van der Waals surface area contributed by atoms with Crippen molar-refractivity contribution in [1.82, 2.24) is 0 Å². The molecule has 1 heterocycles. The number of carbonyl (C=O) groups excluding carboxylic acids is 1. The Morgan fingerprint density at radius 2 is 1.77 bits per heavy atom. The number of carboxylic acids is 1. The molecule has 0 aliphatic carbocycles. The van der Waals surface area contributed by atoms with Crippen molar-refractivity contribution in [1.29, 1.82) is 0 Å². The summed E-state index contributed by atoms with van der Waals surface area (Å²) in [5.41, 5.74) is 1.29. The van der Waals surface area contributed by atoms with Crippen LogP contribution in [-0.4, -0.2) is 23.6 Å². The van der Waals surface area contributed by atoms with Crippen LogP contribution in [0.4, 0.5) is 5.00 Å². The van der Waals surface area contributed by atoms with Crippen molar-refractivity contribution in [3.63, 3.8) is 0 Å². The van der Waals surface area contributed by atoms with E-state index in [4.69, 9.17) is 16.3 Å². The van der Waals surface area contributed by atoms with Crippen LogP contribution in [0.15, 0.2) is 60.0 Å². The van der Waals surface area contributed by atoms with Gasteiger partial charge in [-0.25, -0.2) is 4.79 Å². The van der Waals surface area contributed by atoms with E-state index in [1.165, 1.54) is 0 Å². The molecule has 2 N–H and O–H groups in total. The fourth-order valence-corrected chi connectivity index (χ4v) is 3.44. The van der Waals surface area contributed by atoms with Crippen LogP contribution in [0.2, 0.25) is 5.02 Å². The molecule has 0 aliphatic heterocycles. The number of hydrogen-bond acceptors (Lipinski definition) is 4. The summed E-state index contributed by atoms with van der Waals surface area (Å²) in [6, 6.07) is 15.8. The minimum absolute atomic E-state index is 0.0467. The summed E-state index contributed by atoms with van der Waals surface area (Å²) >= 11 is 7.03. The Hall–Kier alpha value is -2.83. The van der Waals surface area contributed by atoms with Gasteiger partial charge in [0.05, 0.1) is 0 Å². The molecule has 0 radical (unpaired) electrons. The van der Waals surface area contributed by atoms with Gasteiger partial charge in [0, 0.05) is 16.0 Å². The number of halogens is 1. The minimum atomic E-state index is -1.12. The maximum atomic E-state index is 12.1. The lowest BCUT2D eigenvalue weighted by molar-refractivity contribution is -0.118. The zero-order valence-electron chi connectivity index (χ0n) is 13.4. The Bertz CT molecular complexity index is 922. The predicted octanol–water partition coefficient (Wildman–Crippen LogP) is 4.78.